The lowest BCUT2D eigenvalue weighted by molar-refractivity contribution is -0.394. The first-order valence-corrected chi connectivity index (χ1v) is 7.27. The van der Waals surface area contributed by atoms with Crippen molar-refractivity contribution in [2.75, 3.05) is 0 Å². The molecule has 1 amide bonds. The van der Waals surface area contributed by atoms with Crippen LogP contribution >= 0.6 is 0 Å². The number of nitro benzene ring substituents is 2. The van der Waals surface area contributed by atoms with Crippen molar-refractivity contribution in [3.05, 3.63) is 44.0 Å². The highest BCUT2D eigenvalue weighted by Crippen LogP contribution is 2.26. The summed E-state index contributed by atoms with van der Waals surface area (Å²) in [6.07, 6.45) is 2.39. The molecule has 10 heteroatoms. The van der Waals surface area contributed by atoms with Crippen LogP contribution in [0.4, 0.5) is 11.4 Å². The summed E-state index contributed by atoms with van der Waals surface area (Å²) in [5.74, 6) is -2.53. The third-order valence-corrected chi connectivity index (χ3v) is 3.99. The van der Waals surface area contributed by atoms with Crippen molar-refractivity contribution in [3.8, 4) is 0 Å². The van der Waals surface area contributed by atoms with Crippen LogP contribution in [0.1, 0.15) is 36.0 Å². The summed E-state index contributed by atoms with van der Waals surface area (Å²) in [5, 5.41) is 33.4. The molecule has 2 atom stereocenters. The monoisotopic (exact) mass is 337 g/mol. The third-order valence-electron chi connectivity index (χ3n) is 3.99. The molecule has 0 aromatic heterocycles. The summed E-state index contributed by atoms with van der Waals surface area (Å²) in [6, 6.07) is 2.02. The lowest BCUT2D eigenvalue weighted by Gasteiger charge is -2.29. The Labute approximate surface area is 135 Å². The van der Waals surface area contributed by atoms with Gasteiger partial charge < -0.3 is 10.4 Å². The van der Waals surface area contributed by atoms with Crippen molar-refractivity contribution in [1.29, 1.82) is 0 Å². The van der Waals surface area contributed by atoms with Crippen LogP contribution in [0.5, 0.6) is 0 Å². The fraction of sp³-hybridized carbons (Fsp3) is 0.429. The van der Waals surface area contributed by atoms with E-state index in [0.717, 1.165) is 31.0 Å². The molecular formula is C14H15N3O7. The van der Waals surface area contributed by atoms with Gasteiger partial charge in [-0.1, -0.05) is 12.8 Å². The van der Waals surface area contributed by atoms with Crippen LogP contribution < -0.4 is 5.32 Å². The highest BCUT2D eigenvalue weighted by Gasteiger charge is 2.32. The first kappa shape index (κ1) is 17.3. The van der Waals surface area contributed by atoms with Gasteiger partial charge in [-0.2, -0.15) is 0 Å². The summed E-state index contributed by atoms with van der Waals surface area (Å²) in [7, 11) is 0. The van der Waals surface area contributed by atoms with Crippen LogP contribution in [0.25, 0.3) is 0 Å². The molecule has 10 nitrogen and oxygen atoms in total. The van der Waals surface area contributed by atoms with Crippen molar-refractivity contribution in [1.82, 2.24) is 5.32 Å². The van der Waals surface area contributed by atoms with Gasteiger partial charge >= 0.3 is 5.97 Å². The quantitative estimate of drug-likeness (QED) is 0.614. The molecule has 0 spiro atoms. The van der Waals surface area contributed by atoms with Crippen LogP contribution in [-0.4, -0.2) is 32.9 Å². The molecule has 0 bridgehead atoms. The van der Waals surface area contributed by atoms with Gasteiger partial charge in [-0.25, -0.2) is 0 Å². The zero-order chi connectivity index (χ0) is 17.9. The number of benzene rings is 1. The largest absolute Gasteiger partial charge is 0.481 e. The van der Waals surface area contributed by atoms with Gasteiger partial charge in [-0.3, -0.25) is 29.8 Å². The molecule has 0 aliphatic heterocycles. The first-order valence-electron chi connectivity index (χ1n) is 7.27. The summed E-state index contributed by atoms with van der Waals surface area (Å²) in [5.41, 5.74) is -1.40. The number of rotatable bonds is 5. The van der Waals surface area contributed by atoms with Gasteiger partial charge in [0.05, 0.1) is 27.4 Å². The molecule has 1 fully saturated rings. The number of carbonyl (C=O) groups excluding carboxylic acids is 1. The Morgan fingerprint density at radius 1 is 1.04 bits per heavy atom. The van der Waals surface area contributed by atoms with E-state index in [-0.39, 0.29) is 5.56 Å². The summed E-state index contributed by atoms with van der Waals surface area (Å²) < 4.78 is 0. The Hall–Kier alpha value is -3.04. The van der Waals surface area contributed by atoms with Crippen molar-refractivity contribution < 1.29 is 24.5 Å². The smallest absolute Gasteiger partial charge is 0.308 e. The van der Waals surface area contributed by atoms with Gasteiger partial charge in [0.25, 0.3) is 17.3 Å². The number of non-ortho nitro benzene ring substituents is 2. The van der Waals surface area contributed by atoms with E-state index in [0.29, 0.717) is 12.8 Å². The molecule has 1 aromatic carbocycles. The third kappa shape index (κ3) is 3.83. The molecule has 128 valence electrons. The molecule has 0 unspecified atom stereocenters. The summed E-state index contributed by atoms with van der Waals surface area (Å²) in [6.45, 7) is 0. The number of nitrogens with one attached hydrogen (secondary N) is 1. The van der Waals surface area contributed by atoms with Crippen molar-refractivity contribution in [2.45, 2.75) is 31.7 Å². The van der Waals surface area contributed by atoms with Crippen LogP contribution in [0.15, 0.2) is 18.2 Å². The van der Waals surface area contributed by atoms with Gasteiger partial charge in [0.15, 0.2) is 0 Å². The van der Waals surface area contributed by atoms with Crippen molar-refractivity contribution in [2.24, 2.45) is 5.92 Å². The Morgan fingerprint density at radius 2 is 1.58 bits per heavy atom. The molecule has 2 N–H and O–H groups in total. The predicted molar refractivity (Wildman–Crippen MR) is 80.6 cm³/mol. The van der Waals surface area contributed by atoms with Crippen LogP contribution in [0.2, 0.25) is 0 Å². The maximum absolute atomic E-state index is 12.3. The summed E-state index contributed by atoms with van der Waals surface area (Å²) >= 11 is 0. The number of hydrogen-bond acceptors (Lipinski definition) is 6. The second kappa shape index (κ2) is 7.02. The molecule has 1 aliphatic rings. The standard InChI is InChI=1S/C14H15N3O7/c18-13(15-12-4-2-1-3-11(12)14(19)20)8-5-9(16(21)22)7-10(6-8)17(23)24/h5-7,11-12H,1-4H2,(H,15,18)(H,19,20)/t11-,12-/m0/s1. The second-order valence-electron chi connectivity index (χ2n) is 5.56. The number of hydrogen-bond donors (Lipinski definition) is 2. The van der Waals surface area contributed by atoms with Gasteiger partial charge in [-0.05, 0) is 12.8 Å². The van der Waals surface area contributed by atoms with Crippen molar-refractivity contribution in [3.63, 3.8) is 0 Å². The molecule has 2 rings (SSSR count). The lowest BCUT2D eigenvalue weighted by atomic mass is 9.84. The van der Waals surface area contributed by atoms with Crippen LogP contribution in [-0.2, 0) is 4.79 Å². The zero-order valence-electron chi connectivity index (χ0n) is 12.5. The second-order valence-corrected chi connectivity index (χ2v) is 5.56. The van der Waals surface area contributed by atoms with E-state index in [2.05, 4.69) is 5.32 Å². The predicted octanol–water partition coefficient (Wildman–Crippen LogP) is 1.88. The van der Waals surface area contributed by atoms with Gasteiger partial charge in [0, 0.05) is 18.2 Å². The molecule has 1 aromatic rings. The Morgan fingerprint density at radius 3 is 2.08 bits per heavy atom. The molecule has 24 heavy (non-hydrogen) atoms. The molecule has 0 saturated heterocycles. The fourth-order valence-electron chi connectivity index (χ4n) is 2.79. The minimum atomic E-state index is -1.02. The Kier molecular flexibility index (Phi) is 5.07. The first-order chi connectivity index (χ1) is 11.3. The van der Waals surface area contributed by atoms with Gasteiger partial charge in [0.1, 0.15) is 0 Å². The van der Waals surface area contributed by atoms with E-state index < -0.39 is 45.1 Å². The topological polar surface area (TPSA) is 153 Å². The van der Waals surface area contributed by atoms with E-state index >= 15 is 0 Å². The Balaban J connectivity index is 2.26. The van der Waals surface area contributed by atoms with E-state index in [9.17, 15) is 34.9 Å². The highest BCUT2D eigenvalue weighted by atomic mass is 16.6. The number of aliphatic carboxylic acids is 1. The minimum absolute atomic E-state index is 0.245. The van der Waals surface area contributed by atoms with Gasteiger partial charge in [-0.15, -0.1) is 0 Å². The molecule has 0 heterocycles. The van der Waals surface area contributed by atoms with E-state index in [1.54, 1.807) is 0 Å². The molecule has 0 radical (unpaired) electrons. The number of amides is 1. The van der Waals surface area contributed by atoms with Crippen LogP contribution in [0, 0.1) is 26.1 Å². The van der Waals surface area contributed by atoms with E-state index in [1.807, 2.05) is 0 Å². The van der Waals surface area contributed by atoms with E-state index in [4.69, 9.17) is 0 Å². The normalized spacial score (nSPS) is 20.2. The maximum Gasteiger partial charge on any atom is 0.308 e. The number of nitrogens with zero attached hydrogens (tertiary/aromatic N) is 2. The molecule has 1 saturated carbocycles. The Bertz CT molecular complexity index is 671. The number of carboxylic acids is 1. The number of carboxylic acid groups (broad SMARTS) is 1. The molecule has 1 aliphatic carbocycles. The number of carbonyl (C=O) groups is 2. The highest BCUT2D eigenvalue weighted by molar-refractivity contribution is 5.96. The summed E-state index contributed by atoms with van der Waals surface area (Å²) in [4.78, 5) is 43.6. The fourth-order valence-corrected chi connectivity index (χ4v) is 2.79. The minimum Gasteiger partial charge on any atom is -0.481 e. The zero-order valence-corrected chi connectivity index (χ0v) is 12.5. The maximum atomic E-state index is 12.3. The molecular weight excluding hydrogens is 322 g/mol. The lowest BCUT2D eigenvalue weighted by Crippen LogP contribution is -2.45. The SMILES string of the molecule is O=C(N[C@H]1CCCC[C@@H]1C(=O)O)c1cc([N+](=O)[O-])cc([N+](=O)[O-])c1. The van der Waals surface area contributed by atoms with Crippen molar-refractivity contribution >= 4 is 23.3 Å². The average molecular weight is 337 g/mol. The average Bonchev–Trinajstić information content (AvgIpc) is 2.54. The number of nitro groups is 2. The van der Waals surface area contributed by atoms with E-state index in [1.165, 1.54) is 0 Å². The van der Waals surface area contributed by atoms with Crippen LogP contribution in [0.3, 0.4) is 0 Å². The van der Waals surface area contributed by atoms with Gasteiger partial charge in [0.2, 0.25) is 0 Å².